The number of fused-ring (bicyclic) bond motifs is 2. The van der Waals surface area contributed by atoms with Crippen molar-refractivity contribution in [3.05, 3.63) is 88.2 Å². The number of nitrogens with zero attached hydrogens (tertiary/aromatic N) is 5. The Bertz CT molecular complexity index is 1980. The molecular weight excluding hydrogens is 588 g/mol. The molecule has 0 saturated carbocycles. The summed E-state index contributed by atoms with van der Waals surface area (Å²) in [6.07, 6.45) is 1.28. The summed E-state index contributed by atoms with van der Waals surface area (Å²) in [5.41, 5.74) is 2.79. The minimum Gasteiger partial charge on any atom is -0.490 e. The number of pyridine rings is 2. The molecule has 44 heavy (non-hydrogen) atoms. The van der Waals surface area contributed by atoms with E-state index in [0.29, 0.717) is 51.5 Å². The maximum atomic E-state index is 15.9. The van der Waals surface area contributed by atoms with Crippen LogP contribution in [0.5, 0.6) is 5.75 Å². The standard InChI is InChI=1S/C32H29F2N5O4S/c1-5-26(40)38-10-11-39-24(18(38)2)17-22(36-39)31-29(28-21(34)15-19(33)16-25(28)43-13-12-42-4)32-20(9-14-44-32)30(35-31)23-7-6-8-27(41)37(23)3/h5-9,14-18H,1,10-13H2,2-4H3. The summed E-state index contributed by atoms with van der Waals surface area (Å²) in [7, 11) is 3.17. The van der Waals surface area contributed by atoms with E-state index in [1.54, 1.807) is 24.1 Å². The summed E-state index contributed by atoms with van der Waals surface area (Å²) in [5, 5.41) is 7.40. The van der Waals surface area contributed by atoms with Gasteiger partial charge in [-0.15, -0.1) is 11.3 Å². The first-order valence-corrected chi connectivity index (χ1v) is 14.8. The summed E-state index contributed by atoms with van der Waals surface area (Å²) < 4.78 is 45.4. The number of carbonyl (C=O) groups excluding carboxylic acids is 1. The number of benzene rings is 1. The molecule has 5 heterocycles. The van der Waals surface area contributed by atoms with Crippen LogP contribution in [0.15, 0.2) is 65.3 Å². The molecule has 12 heteroatoms. The van der Waals surface area contributed by atoms with Gasteiger partial charge in [-0.1, -0.05) is 12.6 Å². The molecule has 0 saturated heterocycles. The minimum absolute atomic E-state index is 0.00254. The molecule has 9 nitrogen and oxygen atoms in total. The molecule has 1 aromatic carbocycles. The van der Waals surface area contributed by atoms with Crippen molar-refractivity contribution in [3.63, 3.8) is 0 Å². The van der Waals surface area contributed by atoms with Gasteiger partial charge in [-0.05, 0) is 36.6 Å². The molecule has 0 spiro atoms. The maximum absolute atomic E-state index is 15.9. The number of rotatable bonds is 8. The molecule has 4 aromatic heterocycles. The molecule has 0 bridgehead atoms. The lowest BCUT2D eigenvalue weighted by Gasteiger charge is -2.33. The van der Waals surface area contributed by atoms with Gasteiger partial charge in [0.15, 0.2) is 0 Å². The second kappa shape index (κ2) is 11.8. The summed E-state index contributed by atoms with van der Waals surface area (Å²) in [4.78, 5) is 31.9. The topological polar surface area (TPSA) is 91.5 Å². The highest BCUT2D eigenvalue weighted by Crippen LogP contribution is 2.47. The molecule has 226 valence electrons. The van der Waals surface area contributed by atoms with Gasteiger partial charge in [0.25, 0.3) is 5.56 Å². The number of methoxy groups -OCH3 is 1. The smallest absolute Gasteiger partial charge is 0.250 e. The van der Waals surface area contributed by atoms with Crippen molar-refractivity contribution >= 4 is 27.3 Å². The number of halogens is 2. The first kappa shape index (κ1) is 29.4. The minimum atomic E-state index is -0.824. The monoisotopic (exact) mass is 617 g/mol. The Morgan fingerprint density at radius 1 is 1.14 bits per heavy atom. The van der Waals surface area contributed by atoms with Crippen molar-refractivity contribution < 1.29 is 23.0 Å². The van der Waals surface area contributed by atoms with Crippen LogP contribution >= 0.6 is 11.3 Å². The molecule has 0 aliphatic carbocycles. The lowest BCUT2D eigenvalue weighted by Crippen LogP contribution is -2.40. The number of amides is 1. The zero-order chi connectivity index (χ0) is 31.1. The normalized spacial score (nSPS) is 14.6. The van der Waals surface area contributed by atoms with E-state index in [4.69, 9.17) is 19.6 Å². The quantitative estimate of drug-likeness (QED) is 0.167. The van der Waals surface area contributed by atoms with Crippen LogP contribution < -0.4 is 10.3 Å². The van der Waals surface area contributed by atoms with Crippen LogP contribution in [0.1, 0.15) is 18.7 Å². The highest BCUT2D eigenvalue weighted by Gasteiger charge is 2.31. The number of hydrogen-bond donors (Lipinski definition) is 0. The molecule has 0 radical (unpaired) electrons. The van der Waals surface area contributed by atoms with Gasteiger partial charge in [-0.2, -0.15) is 5.10 Å². The maximum Gasteiger partial charge on any atom is 0.250 e. The third-order valence-corrected chi connectivity index (χ3v) is 8.74. The predicted octanol–water partition coefficient (Wildman–Crippen LogP) is 5.59. The second-order valence-corrected chi connectivity index (χ2v) is 11.3. The van der Waals surface area contributed by atoms with Crippen molar-refractivity contribution in [1.82, 2.24) is 24.2 Å². The summed E-state index contributed by atoms with van der Waals surface area (Å²) in [6, 6.07) is 10.3. The van der Waals surface area contributed by atoms with E-state index in [2.05, 4.69) is 6.58 Å². The molecule has 1 aliphatic heterocycles. The van der Waals surface area contributed by atoms with E-state index in [1.807, 2.05) is 29.1 Å². The number of aromatic nitrogens is 4. The predicted molar refractivity (Wildman–Crippen MR) is 165 cm³/mol. The van der Waals surface area contributed by atoms with Gasteiger partial charge < -0.3 is 18.9 Å². The Labute approximate surface area is 255 Å². The van der Waals surface area contributed by atoms with Crippen molar-refractivity contribution in [2.75, 3.05) is 26.9 Å². The largest absolute Gasteiger partial charge is 0.490 e. The Morgan fingerprint density at radius 3 is 2.73 bits per heavy atom. The highest BCUT2D eigenvalue weighted by atomic mass is 32.1. The molecule has 0 N–H and O–H groups in total. The van der Waals surface area contributed by atoms with Crippen LogP contribution in [0.4, 0.5) is 8.78 Å². The van der Waals surface area contributed by atoms with Gasteiger partial charge in [0, 0.05) is 54.6 Å². The third kappa shape index (κ3) is 4.99. The first-order chi connectivity index (χ1) is 21.2. The van der Waals surface area contributed by atoms with E-state index in [1.165, 1.54) is 35.2 Å². The lowest BCUT2D eigenvalue weighted by atomic mass is 9.97. The van der Waals surface area contributed by atoms with Crippen molar-refractivity contribution in [1.29, 1.82) is 0 Å². The zero-order valence-electron chi connectivity index (χ0n) is 24.3. The lowest BCUT2D eigenvalue weighted by molar-refractivity contribution is -0.129. The van der Waals surface area contributed by atoms with Crippen LogP contribution in [-0.2, 0) is 23.1 Å². The zero-order valence-corrected chi connectivity index (χ0v) is 25.2. The molecule has 1 aliphatic rings. The van der Waals surface area contributed by atoms with E-state index in [0.717, 1.165) is 17.8 Å². The van der Waals surface area contributed by atoms with Crippen molar-refractivity contribution in [2.45, 2.75) is 19.5 Å². The average molecular weight is 618 g/mol. The Balaban J connectivity index is 1.66. The van der Waals surface area contributed by atoms with E-state index in [9.17, 15) is 14.0 Å². The fourth-order valence-corrected chi connectivity index (χ4v) is 6.57. The van der Waals surface area contributed by atoms with E-state index >= 15 is 4.39 Å². The Kier molecular flexibility index (Phi) is 7.87. The molecule has 1 atom stereocenters. The van der Waals surface area contributed by atoms with Gasteiger partial charge in [0.05, 0.1) is 41.8 Å². The molecular formula is C32H29F2N5O4S. The molecule has 1 amide bonds. The number of thiophene rings is 1. The van der Waals surface area contributed by atoms with Gasteiger partial charge in [-0.3, -0.25) is 14.3 Å². The molecule has 5 aromatic rings. The second-order valence-electron chi connectivity index (χ2n) is 10.3. The van der Waals surface area contributed by atoms with Gasteiger partial charge in [-0.25, -0.2) is 13.8 Å². The molecule has 1 unspecified atom stereocenters. The first-order valence-electron chi connectivity index (χ1n) is 13.9. The summed E-state index contributed by atoms with van der Waals surface area (Å²) >= 11 is 1.36. The van der Waals surface area contributed by atoms with Crippen LogP contribution in [0.2, 0.25) is 0 Å². The third-order valence-electron chi connectivity index (χ3n) is 7.81. The summed E-state index contributed by atoms with van der Waals surface area (Å²) in [5.74, 6) is -1.80. The van der Waals surface area contributed by atoms with E-state index < -0.39 is 11.6 Å². The SMILES string of the molecule is C=CC(=O)N1CCn2nc(-c3nc(-c4cccc(=O)n4C)c4ccsc4c3-c3c(F)cc(F)cc3OCCOC)cc2C1C. The number of carbonyl (C=O) groups is 1. The number of hydrogen-bond acceptors (Lipinski definition) is 7. The Morgan fingerprint density at radius 2 is 1.95 bits per heavy atom. The van der Waals surface area contributed by atoms with Crippen LogP contribution in [0.3, 0.4) is 0 Å². The summed E-state index contributed by atoms with van der Waals surface area (Å²) in [6.45, 7) is 6.68. The Hall–Kier alpha value is -4.68. The fraction of sp³-hybridized carbons (Fsp3) is 0.250. The van der Waals surface area contributed by atoms with Crippen LogP contribution in [-0.4, -0.2) is 57.0 Å². The average Bonchev–Trinajstić information content (AvgIpc) is 3.67. The van der Waals surface area contributed by atoms with Gasteiger partial charge in [0.2, 0.25) is 5.91 Å². The van der Waals surface area contributed by atoms with Crippen molar-refractivity contribution in [2.24, 2.45) is 7.05 Å². The van der Waals surface area contributed by atoms with Crippen LogP contribution in [0.25, 0.3) is 44.0 Å². The van der Waals surface area contributed by atoms with Crippen LogP contribution in [0, 0.1) is 11.6 Å². The molecule has 0 fully saturated rings. The number of ether oxygens (including phenoxy) is 2. The van der Waals surface area contributed by atoms with Gasteiger partial charge in [0.1, 0.15) is 35.4 Å². The highest BCUT2D eigenvalue weighted by molar-refractivity contribution is 7.18. The van der Waals surface area contributed by atoms with Crippen molar-refractivity contribution in [3.8, 4) is 39.7 Å². The van der Waals surface area contributed by atoms with Gasteiger partial charge >= 0.3 is 0 Å². The van der Waals surface area contributed by atoms with E-state index in [-0.39, 0.29) is 42.0 Å². The molecule has 6 rings (SSSR count). The fourth-order valence-electron chi connectivity index (χ4n) is 5.62.